The largest absolute Gasteiger partial charge is 0.480 e. The molecule has 0 aliphatic carbocycles. The van der Waals surface area contributed by atoms with Crippen LogP contribution >= 0.6 is 0 Å². The monoisotopic (exact) mass is 257 g/mol. The minimum absolute atomic E-state index is 0.0159. The van der Waals surface area contributed by atoms with E-state index in [1.165, 1.54) is 12.1 Å². The predicted molar refractivity (Wildman–Crippen MR) is 63.5 cm³/mol. The first-order valence-electron chi connectivity index (χ1n) is 5.13. The molecule has 0 aromatic heterocycles. The van der Waals surface area contributed by atoms with E-state index in [9.17, 15) is 13.2 Å². The standard InChI is InChI=1S/C11H15NO4S/c1-8-2-4-9(5-3-8)17(15,16)10(6-7-12)11(13)14/h2-5,10H,6-7,12H2,1H3,(H,13,14). The van der Waals surface area contributed by atoms with Gasteiger partial charge in [0.2, 0.25) is 0 Å². The van der Waals surface area contributed by atoms with E-state index in [1.54, 1.807) is 12.1 Å². The average molecular weight is 257 g/mol. The quantitative estimate of drug-likeness (QED) is 0.803. The van der Waals surface area contributed by atoms with Crippen LogP contribution in [0.5, 0.6) is 0 Å². The molecule has 1 rings (SSSR count). The second-order valence-electron chi connectivity index (χ2n) is 3.76. The number of benzene rings is 1. The van der Waals surface area contributed by atoms with Crippen LogP contribution in [0, 0.1) is 6.92 Å². The topological polar surface area (TPSA) is 97.5 Å². The molecule has 0 fully saturated rings. The second-order valence-corrected chi connectivity index (χ2v) is 5.89. The first kappa shape index (κ1) is 13.7. The second kappa shape index (κ2) is 5.29. The van der Waals surface area contributed by atoms with E-state index in [2.05, 4.69) is 0 Å². The molecule has 3 N–H and O–H groups in total. The van der Waals surface area contributed by atoms with Gasteiger partial charge < -0.3 is 10.8 Å². The third-order valence-corrected chi connectivity index (χ3v) is 4.54. The average Bonchev–Trinajstić information content (AvgIpc) is 2.25. The Morgan fingerprint density at radius 2 is 1.88 bits per heavy atom. The zero-order valence-electron chi connectivity index (χ0n) is 9.46. The molecule has 6 heteroatoms. The summed E-state index contributed by atoms with van der Waals surface area (Å²) in [5.74, 6) is -1.36. The Hall–Kier alpha value is -1.40. The molecule has 5 nitrogen and oxygen atoms in total. The van der Waals surface area contributed by atoms with Gasteiger partial charge in [-0.3, -0.25) is 4.79 Å². The van der Waals surface area contributed by atoms with E-state index >= 15 is 0 Å². The zero-order chi connectivity index (χ0) is 13.1. The van der Waals surface area contributed by atoms with Gasteiger partial charge >= 0.3 is 5.97 Å². The van der Waals surface area contributed by atoms with E-state index in [0.29, 0.717) is 0 Å². The van der Waals surface area contributed by atoms with Gasteiger partial charge in [0.15, 0.2) is 15.1 Å². The number of carbonyl (C=O) groups is 1. The maximum absolute atomic E-state index is 12.0. The van der Waals surface area contributed by atoms with Gasteiger partial charge in [-0.2, -0.15) is 0 Å². The van der Waals surface area contributed by atoms with Gasteiger partial charge in [-0.25, -0.2) is 8.42 Å². The van der Waals surface area contributed by atoms with Gasteiger partial charge in [-0.1, -0.05) is 17.7 Å². The van der Waals surface area contributed by atoms with Crippen molar-refractivity contribution in [2.75, 3.05) is 6.54 Å². The lowest BCUT2D eigenvalue weighted by atomic mass is 10.2. The van der Waals surface area contributed by atoms with Crippen LogP contribution in [0.4, 0.5) is 0 Å². The maximum atomic E-state index is 12.0. The van der Waals surface area contributed by atoms with Crippen molar-refractivity contribution in [3.8, 4) is 0 Å². The molecule has 0 aliphatic rings. The normalized spacial score (nSPS) is 13.3. The molecule has 17 heavy (non-hydrogen) atoms. The van der Waals surface area contributed by atoms with Crippen LogP contribution in [0.15, 0.2) is 29.2 Å². The van der Waals surface area contributed by atoms with E-state index in [4.69, 9.17) is 10.8 Å². The smallest absolute Gasteiger partial charge is 0.322 e. The van der Waals surface area contributed by atoms with Crippen LogP contribution in [-0.4, -0.2) is 31.3 Å². The fourth-order valence-electron chi connectivity index (χ4n) is 1.45. The number of aryl methyl sites for hydroxylation is 1. The summed E-state index contributed by atoms with van der Waals surface area (Å²) >= 11 is 0. The summed E-state index contributed by atoms with van der Waals surface area (Å²) in [6.07, 6.45) is -0.0917. The lowest BCUT2D eigenvalue weighted by Gasteiger charge is -2.12. The van der Waals surface area contributed by atoms with Crippen LogP contribution in [0.25, 0.3) is 0 Å². The number of aliphatic carboxylic acids is 1. The van der Waals surface area contributed by atoms with E-state index < -0.39 is 21.1 Å². The molecule has 1 aromatic rings. The summed E-state index contributed by atoms with van der Waals surface area (Å²) in [6, 6.07) is 6.09. The fraction of sp³-hybridized carbons (Fsp3) is 0.364. The van der Waals surface area contributed by atoms with Crippen molar-refractivity contribution in [3.63, 3.8) is 0 Å². The van der Waals surface area contributed by atoms with Crippen LogP contribution in [-0.2, 0) is 14.6 Å². The summed E-state index contributed by atoms with van der Waals surface area (Å²) in [4.78, 5) is 11.0. The number of hydrogen-bond donors (Lipinski definition) is 2. The van der Waals surface area contributed by atoms with Crippen molar-refractivity contribution < 1.29 is 18.3 Å². The first-order chi connectivity index (χ1) is 7.89. The molecule has 0 radical (unpaired) electrons. The number of carboxylic acids is 1. The molecule has 1 aromatic carbocycles. The van der Waals surface area contributed by atoms with Crippen molar-refractivity contribution >= 4 is 15.8 Å². The number of sulfone groups is 1. The maximum Gasteiger partial charge on any atom is 0.322 e. The molecule has 0 saturated heterocycles. The molecule has 94 valence electrons. The highest BCUT2D eigenvalue weighted by Gasteiger charge is 2.33. The van der Waals surface area contributed by atoms with E-state index in [-0.39, 0.29) is 17.9 Å². The van der Waals surface area contributed by atoms with E-state index in [0.717, 1.165) is 5.56 Å². The van der Waals surface area contributed by atoms with Crippen LogP contribution in [0.3, 0.4) is 0 Å². The minimum atomic E-state index is -3.86. The van der Waals surface area contributed by atoms with E-state index in [1.807, 2.05) is 6.92 Å². The first-order valence-corrected chi connectivity index (χ1v) is 6.67. The molecular formula is C11H15NO4S. The minimum Gasteiger partial charge on any atom is -0.480 e. The lowest BCUT2D eigenvalue weighted by Crippen LogP contribution is -2.32. The van der Waals surface area contributed by atoms with Crippen LogP contribution in [0.1, 0.15) is 12.0 Å². The summed E-state index contributed by atoms with van der Waals surface area (Å²) < 4.78 is 24.1. The summed E-state index contributed by atoms with van der Waals surface area (Å²) in [5, 5.41) is 7.44. The molecule has 0 aliphatic heterocycles. The predicted octanol–water partition coefficient (Wildman–Crippen LogP) is 0.571. The highest BCUT2D eigenvalue weighted by Crippen LogP contribution is 2.19. The highest BCUT2D eigenvalue weighted by molar-refractivity contribution is 7.92. The third kappa shape index (κ3) is 3.04. The van der Waals surface area contributed by atoms with Crippen molar-refractivity contribution in [2.45, 2.75) is 23.5 Å². The van der Waals surface area contributed by atoms with Crippen molar-refractivity contribution in [1.29, 1.82) is 0 Å². The fourth-order valence-corrected chi connectivity index (χ4v) is 3.01. The Labute approximate surface area is 100 Å². The Kier molecular flexibility index (Phi) is 4.25. The molecule has 0 spiro atoms. The Morgan fingerprint density at radius 1 is 1.35 bits per heavy atom. The van der Waals surface area contributed by atoms with Crippen molar-refractivity contribution in [1.82, 2.24) is 0 Å². The summed E-state index contributed by atoms with van der Waals surface area (Å²) in [7, 11) is -3.86. The Morgan fingerprint density at radius 3 is 2.29 bits per heavy atom. The number of hydrogen-bond acceptors (Lipinski definition) is 4. The highest BCUT2D eigenvalue weighted by atomic mass is 32.2. The number of rotatable bonds is 5. The van der Waals surface area contributed by atoms with Gasteiger partial charge in [-0.05, 0) is 32.0 Å². The zero-order valence-corrected chi connectivity index (χ0v) is 10.3. The van der Waals surface area contributed by atoms with Crippen molar-refractivity contribution in [3.05, 3.63) is 29.8 Å². The number of nitrogens with two attached hydrogens (primary N) is 1. The molecule has 0 saturated carbocycles. The summed E-state index contributed by atoms with van der Waals surface area (Å²) in [5.41, 5.74) is 6.15. The number of carboxylic acid groups (broad SMARTS) is 1. The molecule has 0 bridgehead atoms. The summed E-state index contributed by atoms with van der Waals surface area (Å²) in [6.45, 7) is 1.84. The van der Waals surface area contributed by atoms with Gasteiger partial charge in [0, 0.05) is 0 Å². The molecular weight excluding hydrogens is 242 g/mol. The van der Waals surface area contributed by atoms with Gasteiger partial charge in [0.1, 0.15) is 0 Å². The van der Waals surface area contributed by atoms with Crippen LogP contribution < -0.4 is 5.73 Å². The Balaban J connectivity index is 3.16. The molecule has 0 amide bonds. The Bertz CT molecular complexity index is 493. The van der Waals surface area contributed by atoms with Crippen molar-refractivity contribution in [2.24, 2.45) is 5.73 Å². The lowest BCUT2D eigenvalue weighted by molar-refractivity contribution is -0.136. The van der Waals surface area contributed by atoms with Gasteiger partial charge in [0.05, 0.1) is 4.90 Å². The van der Waals surface area contributed by atoms with Crippen LogP contribution in [0.2, 0.25) is 0 Å². The van der Waals surface area contributed by atoms with Gasteiger partial charge in [0.25, 0.3) is 0 Å². The molecule has 1 atom stereocenters. The molecule has 0 heterocycles. The molecule has 1 unspecified atom stereocenters. The SMILES string of the molecule is Cc1ccc(S(=O)(=O)C(CCN)C(=O)O)cc1. The third-order valence-electron chi connectivity index (χ3n) is 2.43. The van der Waals surface area contributed by atoms with Gasteiger partial charge in [-0.15, -0.1) is 0 Å².